The zero-order chi connectivity index (χ0) is 21.8. The van der Waals surface area contributed by atoms with Crippen LogP contribution in [0, 0.1) is 0 Å². The third kappa shape index (κ3) is 5.45. The van der Waals surface area contributed by atoms with Crippen LogP contribution in [-0.4, -0.2) is 31.0 Å². The van der Waals surface area contributed by atoms with Crippen LogP contribution < -0.4 is 5.32 Å². The number of carbonyl (C=O) groups is 1. The molecule has 1 heterocycles. The highest BCUT2D eigenvalue weighted by Gasteiger charge is 2.52. The molecule has 3 rings (SSSR count). The lowest BCUT2D eigenvalue weighted by Crippen LogP contribution is -2.41. The van der Waals surface area contributed by atoms with Gasteiger partial charge in [-0.05, 0) is 50.4 Å². The van der Waals surface area contributed by atoms with Gasteiger partial charge in [0.1, 0.15) is 6.61 Å². The first-order valence-electron chi connectivity index (χ1n) is 9.93. The lowest BCUT2D eigenvalue weighted by atomic mass is 9.77. The molecule has 0 saturated carbocycles. The topological polar surface area (TPSA) is 56.8 Å². The first-order valence-corrected chi connectivity index (χ1v) is 10.3. The number of hydrogen-bond donors (Lipinski definition) is 1. The average Bonchev–Trinajstić information content (AvgIpc) is 2.92. The Labute approximate surface area is 183 Å². The Kier molecular flexibility index (Phi) is 6.91. The largest absolute Gasteiger partial charge is 0.492 e. The van der Waals surface area contributed by atoms with Crippen molar-refractivity contribution in [1.29, 1.82) is 0 Å². The van der Waals surface area contributed by atoms with Crippen molar-refractivity contribution >= 4 is 30.9 Å². The van der Waals surface area contributed by atoms with Crippen LogP contribution in [0.1, 0.15) is 38.8 Å². The van der Waals surface area contributed by atoms with Crippen molar-refractivity contribution in [2.24, 2.45) is 0 Å². The summed E-state index contributed by atoms with van der Waals surface area (Å²) >= 11 is 6.33. The maximum absolute atomic E-state index is 12.2. The van der Waals surface area contributed by atoms with Crippen LogP contribution in [-0.2, 0) is 20.7 Å². The smallest absolute Gasteiger partial charge is 0.445 e. The molecule has 2 aromatic carbocycles. The van der Waals surface area contributed by atoms with Gasteiger partial charge in [-0.2, -0.15) is 0 Å². The first-order chi connectivity index (χ1) is 14.2. The molecule has 7 heteroatoms. The highest BCUT2D eigenvalue weighted by atomic mass is 35.5. The molecule has 2 aromatic rings. The zero-order valence-corrected chi connectivity index (χ0v) is 18.5. The van der Waals surface area contributed by atoms with Gasteiger partial charge in [0, 0.05) is 11.6 Å². The third-order valence-corrected chi connectivity index (χ3v) is 5.80. The van der Waals surface area contributed by atoms with Crippen molar-refractivity contribution < 1.29 is 18.8 Å². The van der Waals surface area contributed by atoms with Crippen molar-refractivity contribution in [3.63, 3.8) is 0 Å². The minimum atomic E-state index is -0.610. The summed E-state index contributed by atoms with van der Waals surface area (Å²) in [6.07, 6.45) is 1.38. The first kappa shape index (κ1) is 22.4. The van der Waals surface area contributed by atoms with E-state index in [2.05, 4.69) is 5.32 Å². The van der Waals surface area contributed by atoms with E-state index in [1.165, 1.54) is 0 Å². The number of halogens is 1. The normalized spacial score (nSPS) is 17.6. The quantitative estimate of drug-likeness (QED) is 0.637. The third-order valence-electron chi connectivity index (χ3n) is 5.45. The molecular formula is C23H27BClNO4. The number of rotatable bonds is 6. The molecule has 5 nitrogen and oxygen atoms in total. The fraction of sp³-hybridized carbons (Fsp3) is 0.348. The molecule has 30 heavy (non-hydrogen) atoms. The van der Waals surface area contributed by atoms with Crippen LogP contribution in [0.5, 0.6) is 0 Å². The van der Waals surface area contributed by atoms with E-state index in [4.69, 9.17) is 25.6 Å². The van der Waals surface area contributed by atoms with E-state index in [0.717, 1.165) is 16.6 Å². The lowest BCUT2D eigenvalue weighted by Gasteiger charge is -2.32. The summed E-state index contributed by atoms with van der Waals surface area (Å²) < 4.78 is 17.7. The Morgan fingerprint density at radius 3 is 2.27 bits per heavy atom. The average molecular weight is 428 g/mol. The number of hydrogen-bond acceptors (Lipinski definition) is 4. The van der Waals surface area contributed by atoms with E-state index in [0.29, 0.717) is 5.02 Å². The zero-order valence-electron chi connectivity index (χ0n) is 17.8. The van der Waals surface area contributed by atoms with Gasteiger partial charge >= 0.3 is 13.2 Å². The van der Waals surface area contributed by atoms with Crippen molar-refractivity contribution in [2.75, 3.05) is 6.54 Å². The summed E-state index contributed by atoms with van der Waals surface area (Å²) in [5.41, 5.74) is 1.50. The van der Waals surface area contributed by atoms with Crippen molar-refractivity contribution in [3.05, 3.63) is 76.2 Å². The van der Waals surface area contributed by atoms with Crippen molar-refractivity contribution in [3.8, 4) is 0 Å². The number of nitrogens with one attached hydrogen (secondary N) is 1. The highest BCUT2D eigenvalue weighted by molar-refractivity contribution is 6.56. The SMILES string of the molecule is CC1(C)OB(C(=Cc2ccccc2Cl)CNC(=O)OCc2ccccc2)OC1(C)C. The van der Waals surface area contributed by atoms with Crippen LogP contribution in [0.3, 0.4) is 0 Å². The van der Waals surface area contributed by atoms with Crippen LogP contribution in [0.2, 0.25) is 5.02 Å². The molecule has 1 aliphatic rings. The fourth-order valence-corrected chi connectivity index (χ4v) is 3.13. The van der Waals surface area contributed by atoms with Gasteiger partial charge in [-0.3, -0.25) is 0 Å². The van der Waals surface area contributed by atoms with Gasteiger partial charge in [-0.15, -0.1) is 0 Å². The molecule has 1 amide bonds. The van der Waals surface area contributed by atoms with Crippen LogP contribution in [0.15, 0.2) is 60.1 Å². The van der Waals surface area contributed by atoms with Gasteiger partial charge in [-0.25, -0.2) is 4.79 Å². The fourth-order valence-electron chi connectivity index (χ4n) is 2.94. The number of ether oxygens (including phenoxy) is 1. The van der Waals surface area contributed by atoms with Gasteiger partial charge in [0.15, 0.2) is 0 Å². The standard InChI is InChI=1S/C23H27BClNO4/c1-22(2)23(3,4)30-24(29-22)19(14-18-12-8-9-13-20(18)25)15-26-21(27)28-16-17-10-6-5-7-11-17/h5-14H,15-16H2,1-4H3,(H,26,27). The molecule has 1 aliphatic heterocycles. The van der Waals surface area contributed by atoms with Crippen LogP contribution in [0.4, 0.5) is 4.79 Å². The van der Waals surface area contributed by atoms with Gasteiger partial charge in [-0.1, -0.05) is 66.2 Å². The molecule has 0 aliphatic carbocycles. The molecule has 0 radical (unpaired) electrons. The van der Waals surface area contributed by atoms with E-state index in [1.54, 1.807) is 0 Å². The van der Waals surface area contributed by atoms with Gasteiger partial charge in [0.05, 0.1) is 11.2 Å². The van der Waals surface area contributed by atoms with Crippen molar-refractivity contribution in [1.82, 2.24) is 5.32 Å². The monoisotopic (exact) mass is 427 g/mol. The number of alkyl carbamates (subject to hydrolysis) is 1. The Bertz CT molecular complexity index is 898. The van der Waals surface area contributed by atoms with E-state index >= 15 is 0 Å². The summed E-state index contributed by atoms with van der Waals surface area (Å²) in [6, 6.07) is 17.0. The number of amides is 1. The maximum Gasteiger partial charge on any atom is 0.492 e. The second kappa shape index (κ2) is 9.25. The summed E-state index contributed by atoms with van der Waals surface area (Å²) in [6.45, 7) is 8.36. The van der Waals surface area contributed by atoms with Crippen LogP contribution in [0.25, 0.3) is 6.08 Å². The molecule has 1 fully saturated rings. The molecule has 0 aromatic heterocycles. The van der Waals surface area contributed by atoms with Gasteiger partial charge < -0.3 is 19.4 Å². The molecule has 158 valence electrons. The summed E-state index contributed by atoms with van der Waals surface area (Å²) in [5.74, 6) is 0. The van der Waals surface area contributed by atoms with Gasteiger partial charge in [0.25, 0.3) is 0 Å². The minimum absolute atomic E-state index is 0.201. The van der Waals surface area contributed by atoms with Crippen molar-refractivity contribution in [2.45, 2.75) is 45.5 Å². The Balaban J connectivity index is 1.72. The summed E-state index contributed by atoms with van der Waals surface area (Å²) in [7, 11) is -0.610. The van der Waals surface area contributed by atoms with E-state index in [-0.39, 0.29) is 13.2 Å². The summed E-state index contributed by atoms with van der Waals surface area (Å²) in [4.78, 5) is 12.2. The Hall–Kier alpha value is -2.28. The number of benzene rings is 2. The Morgan fingerprint density at radius 1 is 1.03 bits per heavy atom. The maximum atomic E-state index is 12.2. The van der Waals surface area contributed by atoms with E-state index in [1.807, 2.05) is 88.4 Å². The second-order valence-electron chi connectivity index (χ2n) is 8.24. The second-order valence-corrected chi connectivity index (χ2v) is 8.65. The minimum Gasteiger partial charge on any atom is -0.445 e. The number of carbonyl (C=O) groups excluding carboxylic acids is 1. The predicted molar refractivity (Wildman–Crippen MR) is 120 cm³/mol. The van der Waals surface area contributed by atoms with E-state index < -0.39 is 24.4 Å². The molecule has 0 atom stereocenters. The molecule has 0 unspecified atom stereocenters. The Morgan fingerprint density at radius 2 is 1.63 bits per heavy atom. The molecular weight excluding hydrogens is 401 g/mol. The van der Waals surface area contributed by atoms with Gasteiger partial charge in [0.2, 0.25) is 0 Å². The summed E-state index contributed by atoms with van der Waals surface area (Å²) in [5, 5.41) is 3.40. The lowest BCUT2D eigenvalue weighted by molar-refractivity contribution is 0.00578. The molecule has 0 bridgehead atoms. The highest BCUT2D eigenvalue weighted by Crippen LogP contribution is 2.39. The van der Waals surface area contributed by atoms with E-state index in [9.17, 15) is 4.79 Å². The molecule has 1 N–H and O–H groups in total. The molecule has 1 saturated heterocycles. The predicted octanol–water partition coefficient (Wildman–Crippen LogP) is 5.28. The molecule has 0 spiro atoms. The van der Waals surface area contributed by atoms with Crippen LogP contribution >= 0.6 is 11.6 Å².